The molecule has 2 N–H and O–H groups in total. The lowest BCUT2D eigenvalue weighted by atomic mass is 10.1. The van der Waals surface area contributed by atoms with E-state index in [1.807, 2.05) is 57.1 Å². The van der Waals surface area contributed by atoms with Gasteiger partial charge in [-0.05, 0) is 56.3 Å². The molecule has 3 aromatic rings. The summed E-state index contributed by atoms with van der Waals surface area (Å²) in [5.41, 5.74) is 3.58. The molecule has 3 rings (SSSR count). The van der Waals surface area contributed by atoms with Gasteiger partial charge in [-0.2, -0.15) is 0 Å². The van der Waals surface area contributed by atoms with Crippen LogP contribution in [0.15, 0.2) is 47.3 Å². The van der Waals surface area contributed by atoms with Gasteiger partial charge in [-0.15, -0.1) is 0 Å². The molecule has 1 heterocycles. The van der Waals surface area contributed by atoms with Gasteiger partial charge in [0, 0.05) is 37.1 Å². The van der Waals surface area contributed by atoms with Crippen LogP contribution < -0.4 is 15.9 Å². The van der Waals surface area contributed by atoms with Crippen LogP contribution >= 0.6 is 0 Å². The van der Waals surface area contributed by atoms with Crippen molar-refractivity contribution in [1.29, 1.82) is 0 Å². The molecule has 0 saturated heterocycles. The summed E-state index contributed by atoms with van der Waals surface area (Å²) in [4.78, 5) is 29.3. The van der Waals surface area contributed by atoms with Crippen LogP contribution in [0.1, 0.15) is 30.2 Å². The predicted molar refractivity (Wildman–Crippen MR) is 102 cm³/mol. The van der Waals surface area contributed by atoms with Crippen LogP contribution in [0.4, 0.5) is 11.4 Å². The van der Waals surface area contributed by atoms with Crippen molar-refractivity contribution in [1.82, 2.24) is 9.55 Å². The zero-order valence-corrected chi connectivity index (χ0v) is 14.8. The Bertz CT molecular complexity index is 965. The molecule has 6 nitrogen and oxygen atoms in total. The third-order valence-electron chi connectivity index (χ3n) is 4.14. The maximum Gasteiger partial charge on any atom is 0.326 e. The predicted octanol–water partition coefficient (Wildman–Crippen LogP) is 3.23. The van der Waals surface area contributed by atoms with Gasteiger partial charge in [0.15, 0.2) is 0 Å². The molecular weight excluding hydrogens is 316 g/mol. The van der Waals surface area contributed by atoms with Crippen LogP contribution in [-0.2, 0) is 0 Å². The number of benzene rings is 2. The van der Waals surface area contributed by atoms with E-state index in [0.29, 0.717) is 11.1 Å². The number of aromatic amines is 1. The number of hydrogen-bond acceptors (Lipinski definition) is 3. The van der Waals surface area contributed by atoms with Crippen molar-refractivity contribution in [2.75, 3.05) is 24.3 Å². The molecule has 0 atom stereocenters. The SMILES string of the molecule is CC(C)n1c(=O)[nH]c2cc(C(=O)Nc3ccc(N(C)C)cc3)ccc21. The number of H-pyrrole nitrogens is 1. The Balaban J connectivity index is 1.86. The second-order valence-electron chi connectivity index (χ2n) is 6.52. The molecule has 25 heavy (non-hydrogen) atoms. The van der Waals surface area contributed by atoms with Gasteiger partial charge in [0.25, 0.3) is 5.91 Å². The van der Waals surface area contributed by atoms with E-state index < -0.39 is 0 Å². The first-order valence-electron chi connectivity index (χ1n) is 8.20. The second-order valence-corrected chi connectivity index (χ2v) is 6.52. The van der Waals surface area contributed by atoms with E-state index >= 15 is 0 Å². The summed E-state index contributed by atoms with van der Waals surface area (Å²) in [5.74, 6) is -0.211. The first-order chi connectivity index (χ1) is 11.9. The molecule has 0 aliphatic rings. The number of nitrogens with one attached hydrogen (secondary N) is 2. The molecule has 0 unspecified atom stereocenters. The van der Waals surface area contributed by atoms with Crippen molar-refractivity contribution in [3.8, 4) is 0 Å². The largest absolute Gasteiger partial charge is 0.378 e. The Morgan fingerprint density at radius 2 is 1.80 bits per heavy atom. The van der Waals surface area contributed by atoms with Crippen LogP contribution in [-0.4, -0.2) is 29.6 Å². The number of imidazole rings is 1. The highest BCUT2D eigenvalue weighted by Crippen LogP contribution is 2.19. The fraction of sp³-hybridized carbons (Fsp3) is 0.263. The molecule has 0 saturated carbocycles. The minimum atomic E-state index is -0.211. The first-order valence-corrected chi connectivity index (χ1v) is 8.20. The van der Waals surface area contributed by atoms with Gasteiger partial charge in [0.2, 0.25) is 0 Å². The van der Waals surface area contributed by atoms with E-state index in [4.69, 9.17) is 0 Å². The summed E-state index contributed by atoms with van der Waals surface area (Å²) in [7, 11) is 3.93. The van der Waals surface area contributed by atoms with Crippen molar-refractivity contribution < 1.29 is 4.79 Å². The van der Waals surface area contributed by atoms with Crippen molar-refractivity contribution in [2.45, 2.75) is 19.9 Å². The Morgan fingerprint density at radius 3 is 2.40 bits per heavy atom. The molecular formula is C19H22N4O2. The van der Waals surface area contributed by atoms with E-state index in [9.17, 15) is 9.59 Å². The fourth-order valence-corrected chi connectivity index (χ4v) is 2.83. The monoisotopic (exact) mass is 338 g/mol. The van der Waals surface area contributed by atoms with Gasteiger partial charge in [-0.3, -0.25) is 9.36 Å². The lowest BCUT2D eigenvalue weighted by Gasteiger charge is -2.13. The number of fused-ring (bicyclic) bond motifs is 1. The number of hydrogen-bond donors (Lipinski definition) is 2. The van der Waals surface area contributed by atoms with Crippen LogP contribution in [0, 0.1) is 0 Å². The third kappa shape index (κ3) is 3.28. The van der Waals surface area contributed by atoms with Crippen LogP contribution in [0.25, 0.3) is 11.0 Å². The highest BCUT2D eigenvalue weighted by Gasteiger charge is 2.13. The normalized spacial score (nSPS) is 11.1. The Labute approximate surface area is 146 Å². The highest BCUT2D eigenvalue weighted by atomic mass is 16.2. The molecule has 0 fully saturated rings. The average Bonchev–Trinajstić information content (AvgIpc) is 2.90. The van der Waals surface area contributed by atoms with Crippen molar-refractivity contribution in [2.24, 2.45) is 0 Å². The van der Waals surface area contributed by atoms with Gasteiger partial charge >= 0.3 is 5.69 Å². The van der Waals surface area contributed by atoms with Crippen LogP contribution in [0.2, 0.25) is 0 Å². The van der Waals surface area contributed by atoms with Gasteiger partial charge < -0.3 is 15.2 Å². The van der Waals surface area contributed by atoms with Gasteiger partial charge in [-0.1, -0.05) is 0 Å². The number of amides is 1. The number of anilines is 2. The fourth-order valence-electron chi connectivity index (χ4n) is 2.83. The zero-order chi connectivity index (χ0) is 18.1. The lowest BCUT2D eigenvalue weighted by Crippen LogP contribution is -2.18. The van der Waals surface area contributed by atoms with E-state index in [1.54, 1.807) is 22.8 Å². The average molecular weight is 338 g/mol. The van der Waals surface area contributed by atoms with Crippen molar-refractivity contribution in [3.05, 3.63) is 58.5 Å². The molecule has 0 radical (unpaired) electrons. The van der Waals surface area contributed by atoms with Crippen LogP contribution in [0.5, 0.6) is 0 Å². The number of aromatic nitrogens is 2. The summed E-state index contributed by atoms with van der Waals surface area (Å²) in [5, 5.41) is 2.88. The summed E-state index contributed by atoms with van der Waals surface area (Å²) < 4.78 is 1.68. The molecule has 0 aliphatic heterocycles. The first kappa shape index (κ1) is 16.8. The van der Waals surface area contributed by atoms with E-state index in [1.165, 1.54) is 0 Å². The maximum absolute atomic E-state index is 12.5. The molecule has 2 aromatic carbocycles. The number of carbonyl (C=O) groups is 1. The molecule has 1 aromatic heterocycles. The smallest absolute Gasteiger partial charge is 0.326 e. The van der Waals surface area contributed by atoms with E-state index in [0.717, 1.165) is 16.9 Å². The Morgan fingerprint density at radius 1 is 1.12 bits per heavy atom. The minimum absolute atomic E-state index is 0.0520. The van der Waals surface area contributed by atoms with Crippen molar-refractivity contribution in [3.63, 3.8) is 0 Å². The van der Waals surface area contributed by atoms with Gasteiger partial charge in [-0.25, -0.2) is 4.79 Å². The summed E-state index contributed by atoms with van der Waals surface area (Å²) in [6, 6.07) is 12.9. The Hall–Kier alpha value is -3.02. The zero-order valence-electron chi connectivity index (χ0n) is 14.8. The van der Waals surface area contributed by atoms with Crippen molar-refractivity contribution >= 4 is 28.3 Å². The number of rotatable bonds is 4. The highest BCUT2D eigenvalue weighted by molar-refractivity contribution is 6.06. The van der Waals surface area contributed by atoms with E-state index in [-0.39, 0.29) is 17.6 Å². The quantitative estimate of drug-likeness (QED) is 0.767. The second kappa shape index (κ2) is 6.47. The number of nitrogens with zero attached hydrogens (tertiary/aromatic N) is 2. The minimum Gasteiger partial charge on any atom is -0.378 e. The lowest BCUT2D eigenvalue weighted by molar-refractivity contribution is 0.102. The molecule has 6 heteroatoms. The summed E-state index contributed by atoms with van der Waals surface area (Å²) in [6.07, 6.45) is 0. The summed E-state index contributed by atoms with van der Waals surface area (Å²) >= 11 is 0. The van der Waals surface area contributed by atoms with Gasteiger partial charge in [0.1, 0.15) is 0 Å². The molecule has 130 valence electrons. The van der Waals surface area contributed by atoms with E-state index in [2.05, 4.69) is 10.3 Å². The number of carbonyl (C=O) groups excluding carboxylic acids is 1. The topological polar surface area (TPSA) is 70.1 Å². The molecule has 0 aliphatic carbocycles. The standard InChI is InChI=1S/C19H22N4O2/c1-12(2)23-17-10-5-13(11-16(17)21-19(23)25)18(24)20-14-6-8-15(9-7-14)22(3)4/h5-12H,1-4H3,(H,20,24)(H,21,25). The Kier molecular flexibility index (Phi) is 4.35. The van der Waals surface area contributed by atoms with Crippen LogP contribution in [0.3, 0.4) is 0 Å². The molecule has 0 spiro atoms. The van der Waals surface area contributed by atoms with Gasteiger partial charge in [0.05, 0.1) is 11.0 Å². The molecule has 1 amide bonds. The molecule has 0 bridgehead atoms. The maximum atomic E-state index is 12.5. The summed E-state index contributed by atoms with van der Waals surface area (Å²) in [6.45, 7) is 3.90. The third-order valence-corrected chi connectivity index (χ3v) is 4.14.